The molecule has 0 radical (unpaired) electrons. The van der Waals surface area contributed by atoms with Gasteiger partial charge in [-0.15, -0.1) is 0 Å². The highest BCUT2D eigenvalue weighted by atomic mass is 79.9. The van der Waals surface area contributed by atoms with E-state index in [0.29, 0.717) is 11.6 Å². The Morgan fingerprint density at radius 3 is 2.14 bits per heavy atom. The number of likely N-dealkylation sites (N-methyl/N-ethyl adjacent to an activating group) is 2. The maximum Gasteiger partial charge on any atom is 0.0359 e. The van der Waals surface area contributed by atoms with Gasteiger partial charge in [-0.3, -0.25) is 0 Å². The Morgan fingerprint density at radius 2 is 1.67 bits per heavy atom. The molecule has 0 amide bonds. The molecular weight excluding hydrogens is 324 g/mol. The van der Waals surface area contributed by atoms with E-state index in [1.54, 1.807) is 0 Å². The van der Waals surface area contributed by atoms with Crippen LogP contribution in [0.3, 0.4) is 0 Å². The van der Waals surface area contributed by atoms with Crippen molar-refractivity contribution in [2.24, 2.45) is 0 Å². The largest absolute Gasteiger partial charge is 0.315 e. The predicted octanol–water partition coefficient (Wildman–Crippen LogP) is 4.23. The van der Waals surface area contributed by atoms with Crippen LogP contribution in [0.2, 0.25) is 0 Å². The van der Waals surface area contributed by atoms with Gasteiger partial charge in [-0.25, -0.2) is 0 Å². The fraction of sp³-hybridized carbons (Fsp3) is 0.667. The third kappa shape index (κ3) is 4.08. The summed E-state index contributed by atoms with van der Waals surface area (Å²) in [6, 6.07) is 9.30. The van der Waals surface area contributed by atoms with E-state index in [4.69, 9.17) is 0 Å². The minimum absolute atomic E-state index is 0.290. The number of hydrogen-bond acceptors (Lipinski definition) is 2. The van der Waals surface area contributed by atoms with Crippen molar-refractivity contribution in [1.82, 2.24) is 10.2 Å². The smallest absolute Gasteiger partial charge is 0.0359 e. The lowest BCUT2D eigenvalue weighted by molar-refractivity contribution is 0.0835. The summed E-state index contributed by atoms with van der Waals surface area (Å²) < 4.78 is 1.16. The molecule has 0 aliphatic heterocycles. The van der Waals surface area contributed by atoms with E-state index in [9.17, 15) is 0 Å². The summed E-state index contributed by atoms with van der Waals surface area (Å²) in [6.45, 7) is 0. The van der Waals surface area contributed by atoms with E-state index in [1.165, 1.54) is 44.1 Å². The molecule has 0 spiro atoms. The molecule has 1 N–H and O–H groups in total. The third-order valence-electron chi connectivity index (χ3n) is 5.21. The Hall–Kier alpha value is -0.380. The van der Waals surface area contributed by atoms with Crippen molar-refractivity contribution < 1.29 is 0 Å². The molecule has 1 aromatic rings. The monoisotopic (exact) mass is 352 g/mol. The van der Waals surface area contributed by atoms with Crippen LogP contribution in [0.1, 0.15) is 44.1 Å². The normalized spacial score (nSPS) is 20.2. The number of nitrogens with one attached hydrogen (secondary N) is 1. The first-order chi connectivity index (χ1) is 10.1. The van der Waals surface area contributed by atoms with Crippen LogP contribution in [-0.4, -0.2) is 37.6 Å². The lowest BCUT2D eigenvalue weighted by atomic mass is 9.78. The lowest BCUT2D eigenvalue weighted by Gasteiger charge is -2.46. The van der Waals surface area contributed by atoms with Gasteiger partial charge in [-0.2, -0.15) is 0 Å². The number of halogens is 1. The summed E-state index contributed by atoms with van der Waals surface area (Å²) >= 11 is 3.53. The average molecular weight is 353 g/mol. The van der Waals surface area contributed by atoms with Crippen LogP contribution >= 0.6 is 15.9 Å². The Kier molecular flexibility index (Phi) is 6.27. The number of benzene rings is 1. The van der Waals surface area contributed by atoms with Crippen LogP contribution in [0, 0.1) is 0 Å². The van der Waals surface area contributed by atoms with Crippen molar-refractivity contribution in [3.63, 3.8) is 0 Å². The lowest BCUT2D eigenvalue weighted by Crippen LogP contribution is -2.59. The molecular formula is C18H29BrN2. The quantitative estimate of drug-likeness (QED) is 0.797. The molecule has 1 aliphatic rings. The fourth-order valence-corrected chi connectivity index (χ4v) is 4.13. The summed E-state index contributed by atoms with van der Waals surface area (Å²) in [5, 5.41) is 3.63. The molecule has 21 heavy (non-hydrogen) atoms. The van der Waals surface area contributed by atoms with Crippen LogP contribution in [-0.2, 0) is 6.42 Å². The van der Waals surface area contributed by atoms with E-state index in [0.717, 1.165) is 10.9 Å². The van der Waals surface area contributed by atoms with Crippen molar-refractivity contribution >= 4 is 15.9 Å². The fourth-order valence-electron chi connectivity index (χ4n) is 3.87. The zero-order chi connectivity index (χ0) is 15.3. The molecule has 1 aliphatic carbocycles. The van der Waals surface area contributed by atoms with Crippen molar-refractivity contribution in [2.75, 3.05) is 21.1 Å². The van der Waals surface area contributed by atoms with Gasteiger partial charge in [0.15, 0.2) is 0 Å². The Morgan fingerprint density at radius 1 is 1.10 bits per heavy atom. The van der Waals surface area contributed by atoms with Crippen LogP contribution in [0.25, 0.3) is 0 Å². The van der Waals surface area contributed by atoms with Crippen LogP contribution in [0.4, 0.5) is 0 Å². The highest BCUT2D eigenvalue weighted by Gasteiger charge is 2.40. The van der Waals surface area contributed by atoms with Gasteiger partial charge in [0.2, 0.25) is 0 Å². The average Bonchev–Trinajstić information content (AvgIpc) is 2.73. The van der Waals surface area contributed by atoms with E-state index < -0.39 is 0 Å². The van der Waals surface area contributed by atoms with Gasteiger partial charge in [0.05, 0.1) is 0 Å². The first kappa shape index (κ1) is 17.0. The van der Waals surface area contributed by atoms with Crippen molar-refractivity contribution in [3.8, 4) is 0 Å². The molecule has 1 unspecified atom stereocenters. The molecule has 0 bridgehead atoms. The Bertz CT molecular complexity index is 419. The molecule has 3 heteroatoms. The second kappa shape index (κ2) is 7.75. The van der Waals surface area contributed by atoms with Crippen LogP contribution < -0.4 is 5.32 Å². The summed E-state index contributed by atoms with van der Waals surface area (Å²) in [4.78, 5) is 2.48. The summed E-state index contributed by atoms with van der Waals surface area (Å²) in [7, 11) is 6.65. The minimum atomic E-state index is 0.290. The van der Waals surface area contributed by atoms with Crippen molar-refractivity contribution in [3.05, 3.63) is 34.3 Å². The molecule has 0 heterocycles. The van der Waals surface area contributed by atoms with Gasteiger partial charge in [0, 0.05) is 16.1 Å². The predicted molar refractivity (Wildman–Crippen MR) is 94.8 cm³/mol. The van der Waals surface area contributed by atoms with Gasteiger partial charge in [-0.1, -0.05) is 53.7 Å². The third-order valence-corrected chi connectivity index (χ3v) is 5.74. The van der Waals surface area contributed by atoms with Gasteiger partial charge in [0.25, 0.3) is 0 Å². The second-order valence-electron chi connectivity index (χ2n) is 6.58. The van der Waals surface area contributed by atoms with E-state index in [2.05, 4.69) is 71.6 Å². The number of hydrogen-bond donors (Lipinski definition) is 1. The topological polar surface area (TPSA) is 15.3 Å². The van der Waals surface area contributed by atoms with Gasteiger partial charge in [0.1, 0.15) is 0 Å². The van der Waals surface area contributed by atoms with Crippen LogP contribution in [0.5, 0.6) is 0 Å². The van der Waals surface area contributed by atoms with Gasteiger partial charge < -0.3 is 10.2 Å². The minimum Gasteiger partial charge on any atom is -0.315 e. The molecule has 2 nitrogen and oxygen atoms in total. The molecule has 0 saturated heterocycles. The highest BCUT2D eigenvalue weighted by molar-refractivity contribution is 9.10. The zero-order valence-corrected chi connectivity index (χ0v) is 15.2. The zero-order valence-electron chi connectivity index (χ0n) is 13.7. The first-order valence-corrected chi connectivity index (χ1v) is 8.97. The van der Waals surface area contributed by atoms with Crippen molar-refractivity contribution in [2.45, 2.75) is 56.5 Å². The molecule has 118 valence electrons. The van der Waals surface area contributed by atoms with E-state index >= 15 is 0 Å². The molecule has 1 aromatic carbocycles. The SMILES string of the molecule is CNC(Cc1ccc(Br)cc1)C1(N(C)C)CCCCCC1. The molecule has 1 atom stereocenters. The van der Waals surface area contributed by atoms with E-state index in [-0.39, 0.29) is 0 Å². The molecule has 1 fully saturated rings. The Balaban J connectivity index is 2.20. The number of rotatable bonds is 5. The standard InChI is InChI=1S/C18H29BrN2/c1-20-17(14-15-8-10-16(19)11-9-15)18(21(2)3)12-6-4-5-7-13-18/h8-11,17,20H,4-7,12-14H2,1-3H3. The first-order valence-electron chi connectivity index (χ1n) is 8.17. The maximum absolute atomic E-state index is 3.63. The molecule has 1 saturated carbocycles. The van der Waals surface area contributed by atoms with Crippen molar-refractivity contribution in [1.29, 1.82) is 0 Å². The molecule has 2 rings (SSSR count). The summed E-state index contributed by atoms with van der Waals surface area (Å²) in [5.74, 6) is 0. The summed E-state index contributed by atoms with van der Waals surface area (Å²) in [6.07, 6.45) is 9.22. The highest BCUT2D eigenvalue weighted by Crippen LogP contribution is 2.35. The van der Waals surface area contributed by atoms with E-state index in [1.807, 2.05) is 0 Å². The second-order valence-corrected chi connectivity index (χ2v) is 7.50. The van der Waals surface area contributed by atoms with Crippen LogP contribution in [0.15, 0.2) is 28.7 Å². The summed E-state index contributed by atoms with van der Waals surface area (Å²) in [5.41, 5.74) is 1.71. The maximum atomic E-state index is 3.63. The number of nitrogens with zero attached hydrogens (tertiary/aromatic N) is 1. The Labute approximate surface area is 138 Å². The van der Waals surface area contributed by atoms with Gasteiger partial charge >= 0.3 is 0 Å². The molecule has 0 aromatic heterocycles. The van der Waals surface area contributed by atoms with Gasteiger partial charge in [-0.05, 0) is 58.1 Å².